The number of halogens is 1. The lowest BCUT2D eigenvalue weighted by Crippen LogP contribution is -2.35. The largest absolute Gasteiger partial charge is 0.466 e. The van der Waals surface area contributed by atoms with Gasteiger partial charge in [0.1, 0.15) is 0 Å². The molecule has 1 aliphatic carbocycles. The Morgan fingerprint density at radius 1 is 1.45 bits per heavy atom. The van der Waals surface area contributed by atoms with Gasteiger partial charge in [-0.15, -0.1) is 0 Å². The molecule has 1 saturated carbocycles. The second-order valence-corrected chi connectivity index (χ2v) is 5.59. The highest BCUT2D eigenvalue weighted by molar-refractivity contribution is 9.10. The predicted octanol–water partition coefficient (Wildman–Crippen LogP) is 2.40. The predicted molar refractivity (Wildman–Crippen MR) is 77.2 cm³/mol. The molecule has 2 rings (SSSR count). The molecule has 0 unspecified atom stereocenters. The number of carbonyl (C=O) groups is 2. The summed E-state index contributed by atoms with van der Waals surface area (Å²) in [6.07, 6.45) is 5.41. The van der Waals surface area contributed by atoms with Crippen LogP contribution >= 0.6 is 15.9 Å². The quantitative estimate of drug-likeness (QED) is 0.746. The zero-order valence-electron chi connectivity index (χ0n) is 11.3. The topological polar surface area (TPSA) is 59.5 Å². The summed E-state index contributed by atoms with van der Waals surface area (Å²) in [4.78, 5) is 29.6. The zero-order valence-corrected chi connectivity index (χ0v) is 12.9. The van der Waals surface area contributed by atoms with E-state index >= 15 is 0 Å². The Labute approximate surface area is 126 Å². The fraction of sp³-hybridized carbons (Fsp3) is 0.500. The highest BCUT2D eigenvalue weighted by Crippen LogP contribution is 2.28. The maximum Gasteiger partial charge on any atom is 0.307 e. The van der Waals surface area contributed by atoms with Gasteiger partial charge in [0, 0.05) is 29.5 Å². The molecule has 0 saturated heterocycles. The number of pyridine rings is 1. The SMILES string of the molecule is CCOC(=O)CCN(C(=O)c1cncc(Br)c1)C1CC1. The first-order valence-electron chi connectivity index (χ1n) is 6.69. The lowest BCUT2D eigenvalue weighted by Gasteiger charge is -2.22. The van der Waals surface area contributed by atoms with Crippen molar-refractivity contribution in [2.75, 3.05) is 13.2 Å². The molecule has 5 nitrogen and oxygen atoms in total. The highest BCUT2D eigenvalue weighted by atomic mass is 79.9. The number of hydrogen-bond acceptors (Lipinski definition) is 4. The summed E-state index contributed by atoms with van der Waals surface area (Å²) in [5.74, 6) is -0.344. The molecule has 0 atom stereocenters. The normalized spacial score (nSPS) is 13.9. The summed E-state index contributed by atoms with van der Waals surface area (Å²) >= 11 is 3.31. The van der Waals surface area contributed by atoms with Crippen molar-refractivity contribution in [2.45, 2.75) is 32.2 Å². The van der Waals surface area contributed by atoms with Crippen molar-refractivity contribution in [2.24, 2.45) is 0 Å². The first kappa shape index (κ1) is 15.0. The van der Waals surface area contributed by atoms with Crippen LogP contribution in [0.5, 0.6) is 0 Å². The van der Waals surface area contributed by atoms with E-state index in [4.69, 9.17) is 4.74 Å². The standard InChI is InChI=1S/C14H17BrN2O3/c1-2-20-13(18)5-6-17(12-3-4-12)14(19)10-7-11(15)9-16-8-10/h7-9,12H,2-6H2,1H3. The molecular weight excluding hydrogens is 324 g/mol. The van der Waals surface area contributed by atoms with Gasteiger partial charge in [0.15, 0.2) is 0 Å². The Balaban J connectivity index is 2.01. The van der Waals surface area contributed by atoms with Gasteiger partial charge in [-0.1, -0.05) is 0 Å². The maximum absolute atomic E-state index is 12.5. The third kappa shape index (κ3) is 4.03. The van der Waals surface area contributed by atoms with Crippen molar-refractivity contribution in [1.82, 2.24) is 9.88 Å². The Kier molecular flexibility index (Phi) is 5.11. The molecule has 0 N–H and O–H groups in total. The molecule has 6 heteroatoms. The minimum Gasteiger partial charge on any atom is -0.466 e. The van der Waals surface area contributed by atoms with Gasteiger partial charge in [0.25, 0.3) is 5.91 Å². The van der Waals surface area contributed by atoms with Crippen LogP contribution in [-0.2, 0) is 9.53 Å². The average Bonchev–Trinajstić information content (AvgIpc) is 3.23. The number of rotatable bonds is 6. The van der Waals surface area contributed by atoms with Crippen molar-refractivity contribution >= 4 is 27.8 Å². The third-order valence-corrected chi connectivity index (χ3v) is 3.50. The number of carbonyl (C=O) groups excluding carboxylic acids is 2. The highest BCUT2D eigenvalue weighted by Gasteiger charge is 2.33. The van der Waals surface area contributed by atoms with E-state index in [1.807, 2.05) is 0 Å². The Morgan fingerprint density at radius 3 is 2.80 bits per heavy atom. The first-order valence-corrected chi connectivity index (χ1v) is 7.48. The van der Waals surface area contributed by atoms with Crippen LogP contribution in [-0.4, -0.2) is 41.0 Å². The average molecular weight is 341 g/mol. The molecule has 1 fully saturated rings. The van der Waals surface area contributed by atoms with E-state index in [0.29, 0.717) is 18.7 Å². The Bertz CT molecular complexity index is 503. The molecule has 0 radical (unpaired) electrons. The van der Waals surface area contributed by atoms with Crippen molar-refractivity contribution in [1.29, 1.82) is 0 Å². The van der Waals surface area contributed by atoms with Crippen LogP contribution in [0.4, 0.5) is 0 Å². The van der Waals surface area contributed by atoms with Crippen LogP contribution in [0.2, 0.25) is 0 Å². The number of esters is 1. The van der Waals surface area contributed by atoms with E-state index in [0.717, 1.165) is 17.3 Å². The van der Waals surface area contributed by atoms with Gasteiger partial charge < -0.3 is 9.64 Å². The maximum atomic E-state index is 12.5. The fourth-order valence-corrected chi connectivity index (χ4v) is 2.34. The van der Waals surface area contributed by atoms with E-state index < -0.39 is 0 Å². The molecule has 1 aromatic heterocycles. The van der Waals surface area contributed by atoms with Crippen LogP contribution in [0, 0.1) is 0 Å². The van der Waals surface area contributed by atoms with E-state index in [1.54, 1.807) is 30.3 Å². The molecule has 108 valence electrons. The summed E-state index contributed by atoms with van der Waals surface area (Å²) in [6, 6.07) is 1.99. The molecule has 0 bridgehead atoms. The van der Waals surface area contributed by atoms with Gasteiger partial charge in [0.2, 0.25) is 0 Å². The monoisotopic (exact) mass is 340 g/mol. The fourth-order valence-electron chi connectivity index (χ4n) is 1.98. The summed E-state index contributed by atoms with van der Waals surface area (Å²) < 4.78 is 5.67. The number of aromatic nitrogens is 1. The van der Waals surface area contributed by atoms with Gasteiger partial charge >= 0.3 is 5.97 Å². The van der Waals surface area contributed by atoms with Gasteiger partial charge in [-0.3, -0.25) is 14.6 Å². The summed E-state index contributed by atoms with van der Waals surface area (Å²) in [7, 11) is 0. The number of ether oxygens (including phenoxy) is 1. The van der Waals surface area contributed by atoms with Gasteiger partial charge in [-0.25, -0.2) is 0 Å². The third-order valence-electron chi connectivity index (χ3n) is 3.06. The number of amides is 1. The smallest absolute Gasteiger partial charge is 0.307 e. The Hall–Kier alpha value is -1.43. The van der Waals surface area contributed by atoms with Crippen LogP contribution in [0.25, 0.3) is 0 Å². The van der Waals surface area contributed by atoms with Crippen molar-refractivity contribution in [3.8, 4) is 0 Å². The zero-order chi connectivity index (χ0) is 14.5. The minimum absolute atomic E-state index is 0.0781. The molecule has 0 aliphatic heterocycles. The van der Waals surface area contributed by atoms with Crippen LogP contribution < -0.4 is 0 Å². The van der Waals surface area contributed by atoms with Gasteiger partial charge in [-0.05, 0) is 41.8 Å². The molecule has 1 heterocycles. The van der Waals surface area contributed by atoms with E-state index in [1.165, 1.54) is 0 Å². The second-order valence-electron chi connectivity index (χ2n) is 4.68. The van der Waals surface area contributed by atoms with Crippen molar-refractivity contribution < 1.29 is 14.3 Å². The van der Waals surface area contributed by atoms with Crippen LogP contribution in [0.3, 0.4) is 0 Å². The molecule has 20 heavy (non-hydrogen) atoms. The van der Waals surface area contributed by atoms with Crippen LogP contribution in [0.15, 0.2) is 22.9 Å². The first-order chi connectivity index (χ1) is 9.61. The van der Waals surface area contributed by atoms with Gasteiger partial charge in [0.05, 0.1) is 18.6 Å². The molecule has 0 aromatic carbocycles. The summed E-state index contributed by atoms with van der Waals surface area (Å²) in [5, 5.41) is 0. The second kappa shape index (κ2) is 6.83. The molecular formula is C14H17BrN2O3. The molecule has 1 aliphatic rings. The summed E-state index contributed by atoms with van der Waals surface area (Å²) in [6.45, 7) is 2.54. The summed E-state index contributed by atoms with van der Waals surface area (Å²) in [5.41, 5.74) is 0.537. The number of hydrogen-bond donors (Lipinski definition) is 0. The van der Waals surface area contributed by atoms with E-state index in [-0.39, 0.29) is 24.3 Å². The molecule has 1 aromatic rings. The van der Waals surface area contributed by atoms with E-state index in [9.17, 15) is 9.59 Å². The van der Waals surface area contributed by atoms with Crippen LogP contribution in [0.1, 0.15) is 36.5 Å². The molecule has 1 amide bonds. The lowest BCUT2D eigenvalue weighted by atomic mass is 10.2. The van der Waals surface area contributed by atoms with Crippen molar-refractivity contribution in [3.63, 3.8) is 0 Å². The minimum atomic E-state index is -0.265. The van der Waals surface area contributed by atoms with E-state index in [2.05, 4.69) is 20.9 Å². The molecule has 0 spiro atoms. The van der Waals surface area contributed by atoms with Crippen molar-refractivity contribution in [3.05, 3.63) is 28.5 Å². The number of nitrogens with zero attached hydrogens (tertiary/aromatic N) is 2. The van der Waals surface area contributed by atoms with Gasteiger partial charge in [-0.2, -0.15) is 0 Å². The Morgan fingerprint density at radius 2 is 2.20 bits per heavy atom. The lowest BCUT2D eigenvalue weighted by molar-refractivity contribution is -0.143.